The molecule has 0 saturated heterocycles. The van der Waals surface area contributed by atoms with Crippen molar-refractivity contribution in [3.63, 3.8) is 0 Å². The van der Waals surface area contributed by atoms with Gasteiger partial charge in [-0.1, -0.05) is 11.8 Å². The van der Waals surface area contributed by atoms with E-state index < -0.39 is 0 Å². The number of rotatable bonds is 6. The van der Waals surface area contributed by atoms with Crippen molar-refractivity contribution in [1.29, 1.82) is 0 Å². The van der Waals surface area contributed by atoms with Crippen LogP contribution in [0, 0.1) is 5.82 Å². The molecule has 2 heterocycles. The van der Waals surface area contributed by atoms with Crippen molar-refractivity contribution in [2.24, 2.45) is 7.05 Å². The third kappa shape index (κ3) is 5.26. The van der Waals surface area contributed by atoms with Gasteiger partial charge in [0.25, 0.3) is 5.91 Å². The first-order valence-corrected chi connectivity index (χ1v) is 11.6. The van der Waals surface area contributed by atoms with Crippen molar-refractivity contribution in [2.75, 3.05) is 16.8 Å². The number of aryl methyl sites for hydroxylation is 1. The van der Waals surface area contributed by atoms with Gasteiger partial charge in [0.05, 0.1) is 11.8 Å². The number of fused-ring (bicyclic) bond motifs is 1. The van der Waals surface area contributed by atoms with Gasteiger partial charge in [-0.15, -0.1) is 22.0 Å². The zero-order valence-corrected chi connectivity index (χ0v) is 18.3. The number of thioether (sulfide) groups is 2. The van der Waals surface area contributed by atoms with Crippen LogP contribution in [0.25, 0.3) is 0 Å². The first-order chi connectivity index (χ1) is 15.0. The van der Waals surface area contributed by atoms with Crippen molar-refractivity contribution < 1.29 is 14.0 Å². The van der Waals surface area contributed by atoms with Gasteiger partial charge in [-0.25, -0.2) is 4.39 Å². The molecule has 2 aromatic carbocycles. The average molecular weight is 458 g/mol. The first-order valence-electron chi connectivity index (χ1n) is 9.59. The van der Waals surface area contributed by atoms with E-state index in [1.165, 1.54) is 23.9 Å². The second-order valence-corrected chi connectivity index (χ2v) is 9.06. The van der Waals surface area contributed by atoms with Crippen molar-refractivity contribution in [3.8, 4) is 0 Å². The fraction of sp³-hybridized carbons (Fsp3) is 0.238. The molecule has 1 aliphatic rings. The third-order valence-electron chi connectivity index (χ3n) is 4.75. The highest BCUT2D eigenvalue weighted by Gasteiger charge is 2.23. The number of nitrogens with one attached hydrogen (secondary N) is 2. The maximum absolute atomic E-state index is 13.7. The number of halogens is 1. The summed E-state index contributed by atoms with van der Waals surface area (Å²) >= 11 is 2.96. The molecule has 160 valence electrons. The van der Waals surface area contributed by atoms with Crippen LogP contribution < -0.4 is 10.6 Å². The summed E-state index contributed by atoms with van der Waals surface area (Å²) in [6.07, 6.45) is 2.31. The lowest BCUT2D eigenvalue weighted by atomic mass is 10.0. The lowest BCUT2D eigenvalue weighted by molar-refractivity contribution is -0.113. The Morgan fingerprint density at radius 1 is 1.26 bits per heavy atom. The number of hydrogen-bond donors (Lipinski definition) is 2. The van der Waals surface area contributed by atoms with Crippen LogP contribution in [0.3, 0.4) is 0 Å². The standard InChI is InChI=1S/C21H20FN5O2S2/c1-27-12-23-26-21(27)31-11-19(28)24-15-5-2-13(3-6-15)20(29)25-17-8-9-30-18-7-4-14(22)10-16(17)18/h2-7,10,12,17H,8-9,11H2,1H3,(H,24,28)(H,25,29)/t17-/m1/s1. The monoisotopic (exact) mass is 457 g/mol. The summed E-state index contributed by atoms with van der Waals surface area (Å²) in [4.78, 5) is 25.8. The highest BCUT2D eigenvalue weighted by Crippen LogP contribution is 2.36. The molecular formula is C21H20FN5O2S2. The molecule has 3 aromatic rings. The molecule has 4 rings (SSSR count). The van der Waals surface area contributed by atoms with Gasteiger partial charge in [-0.2, -0.15) is 0 Å². The molecule has 0 unspecified atom stereocenters. The molecule has 1 aliphatic heterocycles. The van der Waals surface area contributed by atoms with Crippen molar-refractivity contribution in [3.05, 3.63) is 65.7 Å². The van der Waals surface area contributed by atoms with Crippen LogP contribution in [0.15, 0.2) is 58.8 Å². The highest BCUT2D eigenvalue weighted by atomic mass is 32.2. The van der Waals surface area contributed by atoms with E-state index in [1.807, 2.05) is 7.05 Å². The summed E-state index contributed by atoms with van der Waals surface area (Å²) in [5.74, 6) is 0.343. The SMILES string of the molecule is Cn1cnnc1SCC(=O)Nc1ccc(C(=O)N[C@@H]2CCSc3ccc(F)cc32)cc1. The molecule has 0 radical (unpaired) electrons. The fourth-order valence-electron chi connectivity index (χ4n) is 3.19. The molecule has 31 heavy (non-hydrogen) atoms. The van der Waals surface area contributed by atoms with E-state index in [1.54, 1.807) is 53.0 Å². The molecule has 10 heteroatoms. The molecule has 1 aromatic heterocycles. The molecule has 0 saturated carbocycles. The van der Waals surface area contributed by atoms with Crippen LogP contribution in [0.5, 0.6) is 0 Å². The van der Waals surface area contributed by atoms with E-state index in [-0.39, 0.29) is 29.4 Å². The summed E-state index contributed by atoms with van der Waals surface area (Å²) in [5, 5.41) is 14.1. The molecule has 1 atom stereocenters. The first kappa shape index (κ1) is 21.4. The van der Waals surface area contributed by atoms with Gasteiger partial charge >= 0.3 is 0 Å². The van der Waals surface area contributed by atoms with Gasteiger partial charge in [0.2, 0.25) is 5.91 Å². The Hall–Kier alpha value is -2.85. The quantitative estimate of drug-likeness (QED) is 0.550. The number of nitrogens with zero attached hydrogens (tertiary/aromatic N) is 3. The summed E-state index contributed by atoms with van der Waals surface area (Å²) in [6, 6.07) is 11.1. The van der Waals surface area contributed by atoms with Crippen LogP contribution in [-0.4, -0.2) is 38.1 Å². The molecule has 0 aliphatic carbocycles. The van der Waals surface area contributed by atoms with E-state index in [0.717, 1.165) is 22.6 Å². The smallest absolute Gasteiger partial charge is 0.251 e. The van der Waals surface area contributed by atoms with Crippen molar-refractivity contribution >= 4 is 41.0 Å². The molecular weight excluding hydrogens is 437 g/mol. The second kappa shape index (κ2) is 9.52. The zero-order chi connectivity index (χ0) is 21.8. The van der Waals surface area contributed by atoms with Crippen LogP contribution in [0.4, 0.5) is 10.1 Å². The Morgan fingerprint density at radius 2 is 2.06 bits per heavy atom. The summed E-state index contributed by atoms with van der Waals surface area (Å²) in [7, 11) is 1.81. The van der Waals surface area contributed by atoms with Crippen LogP contribution in [-0.2, 0) is 11.8 Å². The molecule has 2 N–H and O–H groups in total. The molecule has 2 amide bonds. The summed E-state index contributed by atoms with van der Waals surface area (Å²) < 4.78 is 15.4. The van der Waals surface area contributed by atoms with Gasteiger partial charge in [-0.3, -0.25) is 9.59 Å². The largest absolute Gasteiger partial charge is 0.345 e. The fourth-order valence-corrected chi connectivity index (χ4v) is 4.99. The Labute approximate surface area is 187 Å². The minimum atomic E-state index is -0.307. The normalized spacial score (nSPS) is 15.2. The average Bonchev–Trinajstić information content (AvgIpc) is 3.18. The Balaban J connectivity index is 1.34. The van der Waals surface area contributed by atoms with Crippen LogP contribution in [0.2, 0.25) is 0 Å². The van der Waals surface area contributed by atoms with E-state index in [0.29, 0.717) is 16.4 Å². The lowest BCUT2D eigenvalue weighted by Gasteiger charge is -2.26. The second-order valence-electron chi connectivity index (χ2n) is 6.98. The minimum absolute atomic E-state index is 0.177. The van der Waals surface area contributed by atoms with Gasteiger partial charge in [-0.05, 0) is 54.4 Å². The van der Waals surface area contributed by atoms with Crippen LogP contribution >= 0.6 is 23.5 Å². The highest BCUT2D eigenvalue weighted by molar-refractivity contribution is 7.99. The number of anilines is 1. The van der Waals surface area contributed by atoms with Crippen molar-refractivity contribution in [1.82, 2.24) is 20.1 Å². The van der Waals surface area contributed by atoms with E-state index >= 15 is 0 Å². The van der Waals surface area contributed by atoms with Crippen molar-refractivity contribution in [2.45, 2.75) is 22.5 Å². The van der Waals surface area contributed by atoms with Gasteiger partial charge in [0.1, 0.15) is 12.1 Å². The van der Waals surface area contributed by atoms with Gasteiger partial charge < -0.3 is 15.2 Å². The number of aromatic nitrogens is 3. The topological polar surface area (TPSA) is 88.9 Å². The van der Waals surface area contributed by atoms with Crippen LogP contribution in [0.1, 0.15) is 28.4 Å². The summed E-state index contributed by atoms with van der Waals surface area (Å²) in [5.41, 5.74) is 1.89. The number of carbonyl (C=O) groups excluding carboxylic acids is 2. The maximum atomic E-state index is 13.7. The Bertz CT molecular complexity index is 1100. The van der Waals surface area contributed by atoms with E-state index in [4.69, 9.17) is 0 Å². The number of hydrogen-bond acceptors (Lipinski definition) is 6. The third-order valence-corrected chi connectivity index (χ3v) is 6.91. The zero-order valence-electron chi connectivity index (χ0n) is 16.7. The van der Waals surface area contributed by atoms with Gasteiger partial charge in [0, 0.05) is 28.9 Å². The predicted octanol–water partition coefficient (Wildman–Crippen LogP) is 3.65. The summed E-state index contributed by atoms with van der Waals surface area (Å²) in [6.45, 7) is 0. The lowest BCUT2D eigenvalue weighted by Crippen LogP contribution is -2.30. The predicted molar refractivity (Wildman–Crippen MR) is 119 cm³/mol. The van der Waals surface area contributed by atoms with E-state index in [9.17, 15) is 14.0 Å². The van der Waals surface area contributed by atoms with E-state index in [2.05, 4.69) is 20.8 Å². The Morgan fingerprint density at radius 3 is 2.81 bits per heavy atom. The minimum Gasteiger partial charge on any atom is -0.345 e. The number of amides is 2. The molecule has 7 nitrogen and oxygen atoms in total. The Kier molecular flexibility index (Phi) is 6.57. The number of benzene rings is 2. The maximum Gasteiger partial charge on any atom is 0.251 e. The molecule has 0 fully saturated rings. The number of carbonyl (C=O) groups is 2. The molecule has 0 bridgehead atoms. The van der Waals surface area contributed by atoms with Gasteiger partial charge in [0.15, 0.2) is 5.16 Å². The molecule has 0 spiro atoms.